The number of rotatable bonds is 46. The van der Waals surface area contributed by atoms with E-state index in [4.69, 9.17) is 14.2 Å². The van der Waals surface area contributed by atoms with Gasteiger partial charge in [-0.2, -0.15) is 0 Å². The van der Waals surface area contributed by atoms with Gasteiger partial charge in [0.1, 0.15) is 6.61 Å². The lowest BCUT2D eigenvalue weighted by Crippen LogP contribution is -2.30. The fourth-order valence-electron chi connectivity index (χ4n) is 6.84. The standard InChI is InChI=1S/C55H96O5/c1-4-7-10-13-16-19-22-25-28-30-33-36-39-42-45-48-54(56)59-52-53(51-58-50-47-44-41-38-35-32-27-24-21-18-15-12-9-6-3)60-55(57)49-46-43-40-37-34-31-29-26-23-20-17-14-11-8-5-2/h12,15-17,19-21,24-26,28-29,53H,4-11,13-14,18,22-23,27,30-52H2,1-3H3/b15-12-,19-16-,20-17-,24-21-,28-25-,29-26-. The number of allylic oxidation sites excluding steroid dienone is 12. The van der Waals surface area contributed by atoms with Crippen LogP contribution < -0.4 is 0 Å². The van der Waals surface area contributed by atoms with E-state index in [-0.39, 0.29) is 25.2 Å². The lowest BCUT2D eigenvalue weighted by atomic mass is 10.1. The van der Waals surface area contributed by atoms with Gasteiger partial charge >= 0.3 is 11.9 Å². The molecule has 0 aliphatic heterocycles. The maximum Gasteiger partial charge on any atom is 0.306 e. The summed E-state index contributed by atoms with van der Waals surface area (Å²) in [5, 5.41) is 0. The first-order valence-corrected chi connectivity index (χ1v) is 25.5. The third-order valence-electron chi connectivity index (χ3n) is 10.7. The topological polar surface area (TPSA) is 61.8 Å². The van der Waals surface area contributed by atoms with E-state index in [0.29, 0.717) is 19.4 Å². The van der Waals surface area contributed by atoms with Gasteiger partial charge in [0.2, 0.25) is 0 Å². The molecular formula is C55H96O5. The van der Waals surface area contributed by atoms with Gasteiger partial charge in [-0.1, -0.05) is 190 Å². The molecule has 0 amide bonds. The molecule has 0 fully saturated rings. The lowest BCUT2D eigenvalue weighted by Gasteiger charge is -2.18. The first kappa shape index (κ1) is 57.3. The minimum absolute atomic E-state index is 0.0659. The van der Waals surface area contributed by atoms with Crippen LogP contribution in [0.4, 0.5) is 0 Å². The van der Waals surface area contributed by atoms with Crippen LogP contribution in [0.5, 0.6) is 0 Å². The van der Waals surface area contributed by atoms with Crippen LogP contribution in [0, 0.1) is 0 Å². The molecule has 346 valence electrons. The van der Waals surface area contributed by atoms with E-state index in [0.717, 1.165) is 83.5 Å². The Bertz CT molecular complexity index is 1080. The Morgan fingerprint density at radius 2 is 0.733 bits per heavy atom. The summed E-state index contributed by atoms with van der Waals surface area (Å²) >= 11 is 0. The predicted octanol–water partition coefficient (Wildman–Crippen LogP) is 17.1. The molecule has 0 aliphatic rings. The molecule has 60 heavy (non-hydrogen) atoms. The van der Waals surface area contributed by atoms with Crippen LogP contribution in [0.3, 0.4) is 0 Å². The van der Waals surface area contributed by atoms with Crippen LogP contribution in [-0.2, 0) is 23.8 Å². The normalized spacial score (nSPS) is 12.8. The SMILES string of the molecule is CCC/C=C\C/C=C\CCCCCCCCOCC(COC(=O)CCCCCCC/C=C\C/C=C\CCCCC)OC(=O)CCCCCCC/C=C\C/C=C\CCCCC. The van der Waals surface area contributed by atoms with Crippen molar-refractivity contribution in [3.05, 3.63) is 72.9 Å². The molecule has 0 aliphatic carbocycles. The van der Waals surface area contributed by atoms with Gasteiger partial charge in [0.05, 0.1) is 6.61 Å². The second kappa shape index (κ2) is 50.7. The summed E-state index contributed by atoms with van der Waals surface area (Å²) in [7, 11) is 0. The number of ether oxygens (including phenoxy) is 3. The van der Waals surface area contributed by atoms with Gasteiger partial charge in [0.25, 0.3) is 0 Å². The number of unbranched alkanes of at least 4 members (excludes halogenated alkanes) is 23. The second-order valence-corrected chi connectivity index (χ2v) is 16.7. The molecule has 1 atom stereocenters. The summed E-state index contributed by atoms with van der Waals surface area (Å²) < 4.78 is 17.4. The van der Waals surface area contributed by atoms with Crippen molar-refractivity contribution in [2.75, 3.05) is 19.8 Å². The highest BCUT2D eigenvalue weighted by molar-refractivity contribution is 5.70. The van der Waals surface area contributed by atoms with Crippen molar-refractivity contribution in [3.8, 4) is 0 Å². The maximum absolute atomic E-state index is 12.8. The highest BCUT2D eigenvalue weighted by Crippen LogP contribution is 2.13. The minimum Gasteiger partial charge on any atom is -0.462 e. The molecule has 0 spiro atoms. The molecule has 0 heterocycles. The van der Waals surface area contributed by atoms with E-state index in [9.17, 15) is 9.59 Å². The molecule has 0 rings (SSSR count). The van der Waals surface area contributed by atoms with Crippen LogP contribution in [0.2, 0.25) is 0 Å². The molecular weight excluding hydrogens is 741 g/mol. The van der Waals surface area contributed by atoms with E-state index in [1.807, 2.05) is 0 Å². The summed E-state index contributed by atoms with van der Waals surface area (Å²) in [5.41, 5.74) is 0. The Morgan fingerprint density at radius 1 is 0.367 bits per heavy atom. The third kappa shape index (κ3) is 48.0. The average molecular weight is 837 g/mol. The number of esters is 2. The zero-order valence-corrected chi connectivity index (χ0v) is 39.7. The van der Waals surface area contributed by atoms with Crippen molar-refractivity contribution in [2.45, 2.75) is 245 Å². The molecule has 0 bridgehead atoms. The Balaban J connectivity index is 4.34. The van der Waals surface area contributed by atoms with E-state index >= 15 is 0 Å². The summed E-state index contributed by atoms with van der Waals surface area (Å²) in [6.45, 7) is 7.67. The molecule has 5 nitrogen and oxygen atoms in total. The summed E-state index contributed by atoms with van der Waals surface area (Å²) in [4.78, 5) is 25.4. The molecule has 0 saturated heterocycles. The zero-order valence-electron chi connectivity index (χ0n) is 39.7. The molecule has 5 heteroatoms. The smallest absolute Gasteiger partial charge is 0.306 e. The Labute approximate surface area is 372 Å². The van der Waals surface area contributed by atoms with Gasteiger partial charge in [0.15, 0.2) is 6.10 Å². The number of hydrogen-bond donors (Lipinski definition) is 0. The van der Waals surface area contributed by atoms with Gasteiger partial charge in [-0.25, -0.2) is 0 Å². The van der Waals surface area contributed by atoms with E-state index in [2.05, 4.69) is 93.7 Å². The van der Waals surface area contributed by atoms with Crippen molar-refractivity contribution < 1.29 is 23.8 Å². The van der Waals surface area contributed by atoms with Gasteiger partial charge in [-0.3, -0.25) is 9.59 Å². The van der Waals surface area contributed by atoms with Gasteiger partial charge < -0.3 is 14.2 Å². The van der Waals surface area contributed by atoms with E-state index in [1.54, 1.807) is 0 Å². The zero-order chi connectivity index (χ0) is 43.5. The number of carbonyl (C=O) groups excluding carboxylic acids is 2. The van der Waals surface area contributed by atoms with Gasteiger partial charge in [-0.05, 0) is 109 Å². The summed E-state index contributed by atoms with van der Waals surface area (Å²) in [6.07, 6.45) is 64.7. The summed E-state index contributed by atoms with van der Waals surface area (Å²) in [5.74, 6) is -0.434. The number of carbonyl (C=O) groups is 2. The molecule has 0 aromatic carbocycles. The summed E-state index contributed by atoms with van der Waals surface area (Å²) in [6, 6.07) is 0. The van der Waals surface area contributed by atoms with Gasteiger partial charge in [0, 0.05) is 19.4 Å². The average Bonchev–Trinajstić information content (AvgIpc) is 3.25. The second-order valence-electron chi connectivity index (χ2n) is 16.7. The van der Waals surface area contributed by atoms with Crippen molar-refractivity contribution >= 4 is 11.9 Å². The first-order valence-electron chi connectivity index (χ1n) is 25.5. The molecule has 0 aromatic heterocycles. The molecule has 0 radical (unpaired) electrons. The van der Waals surface area contributed by atoms with Crippen LogP contribution in [0.15, 0.2) is 72.9 Å². The van der Waals surface area contributed by atoms with Crippen molar-refractivity contribution in [2.24, 2.45) is 0 Å². The van der Waals surface area contributed by atoms with Crippen LogP contribution in [-0.4, -0.2) is 37.9 Å². The monoisotopic (exact) mass is 837 g/mol. The largest absolute Gasteiger partial charge is 0.462 e. The molecule has 1 unspecified atom stereocenters. The maximum atomic E-state index is 12.8. The third-order valence-corrected chi connectivity index (χ3v) is 10.7. The highest BCUT2D eigenvalue weighted by atomic mass is 16.6. The predicted molar refractivity (Wildman–Crippen MR) is 260 cm³/mol. The molecule has 0 saturated carbocycles. The van der Waals surface area contributed by atoms with E-state index < -0.39 is 6.10 Å². The Morgan fingerprint density at radius 3 is 1.17 bits per heavy atom. The Kier molecular flexibility index (Phi) is 48.4. The first-order chi connectivity index (χ1) is 29.6. The van der Waals surface area contributed by atoms with Crippen molar-refractivity contribution in [1.82, 2.24) is 0 Å². The van der Waals surface area contributed by atoms with Gasteiger partial charge in [-0.15, -0.1) is 0 Å². The molecule has 0 N–H and O–H groups in total. The molecule has 0 aromatic rings. The van der Waals surface area contributed by atoms with Crippen LogP contribution in [0.25, 0.3) is 0 Å². The number of hydrogen-bond acceptors (Lipinski definition) is 5. The van der Waals surface area contributed by atoms with E-state index in [1.165, 1.54) is 122 Å². The minimum atomic E-state index is -0.556. The Hall–Kier alpha value is -2.66. The van der Waals surface area contributed by atoms with Crippen molar-refractivity contribution in [1.29, 1.82) is 0 Å². The quantitative estimate of drug-likeness (QED) is 0.0347. The van der Waals surface area contributed by atoms with Crippen molar-refractivity contribution in [3.63, 3.8) is 0 Å². The highest BCUT2D eigenvalue weighted by Gasteiger charge is 2.17. The fourth-order valence-corrected chi connectivity index (χ4v) is 6.84. The fraction of sp³-hybridized carbons (Fsp3) is 0.745. The lowest BCUT2D eigenvalue weighted by molar-refractivity contribution is -0.163. The van der Waals surface area contributed by atoms with Crippen LogP contribution >= 0.6 is 0 Å². The van der Waals surface area contributed by atoms with Crippen LogP contribution in [0.1, 0.15) is 239 Å².